The summed E-state index contributed by atoms with van der Waals surface area (Å²) in [6.45, 7) is 2.86. The number of carboxylic acids is 1. The number of nitrogens with two attached hydrogens (primary N) is 1. The molecule has 0 radical (unpaired) electrons. The minimum absolute atomic E-state index is 0.0834. The van der Waals surface area contributed by atoms with E-state index in [1.807, 2.05) is 38.1 Å². The van der Waals surface area contributed by atoms with Gasteiger partial charge in [0.1, 0.15) is 12.6 Å². The van der Waals surface area contributed by atoms with Crippen LogP contribution < -0.4 is 21.7 Å². The van der Waals surface area contributed by atoms with Gasteiger partial charge in [0.2, 0.25) is 17.7 Å². The maximum atomic E-state index is 12.3. The highest BCUT2D eigenvalue weighted by Crippen LogP contribution is 2.18. The summed E-state index contributed by atoms with van der Waals surface area (Å²) in [5.74, 6) is -2.74. The first-order valence-corrected chi connectivity index (χ1v) is 10.0. The first-order valence-electron chi connectivity index (χ1n) is 10.0. The molecule has 2 aromatic rings. The van der Waals surface area contributed by atoms with E-state index < -0.39 is 42.3 Å². The Hall–Kier alpha value is -3.40. The molecular weight excluding hydrogens is 402 g/mol. The van der Waals surface area contributed by atoms with Crippen molar-refractivity contribution in [2.75, 3.05) is 13.1 Å². The zero-order chi connectivity index (χ0) is 23.0. The molecule has 2 atom stereocenters. The Labute approximate surface area is 179 Å². The predicted molar refractivity (Wildman–Crippen MR) is 115 cm³/mol. The molecule has 0 bridgehead atoms. The highest BCUT2D eigenvalue weighted by atomic mass is 16.4. The Morgan fingerprint density at radius 3 is 2.42 bits per heavy atom. The number of aromatic nitrogens is 1. The van der Waals surface area contributed by atoms with Crippen molar-refractivity contribution in [1.82, 2.24) is 20.9 Å². The maximum Gasteiger partial charge on any atom is 0.322 e. The van der Waals surface area contributed by atoms with Crippen LogP contribution in [0.2, 0.25) is 0 Å². The number of fused-ring (bicyclic) bond motifs is 1. The molecule has 0 fully saturated rings. The zero-order valence-electron chi connectivity index (χ0n) is 17.6. The van der Waals surface area contributed by atoms with Crippen molar-refractivity contribution in [2.45, 2.75) is 38.8 Å². The molecule has 0 spiro atoms. The summed E-state index contributed by atoms with van der Waals surface area (Å²) >= 11 is 0. The van der Waals surface area contributed by atoms with Crippen LogP contribution in [-0.2, 0) is 25.6 Å². The number of benzene rings is 1. The molecule has 0 aliphatic carbocycles. The van der Waals surface area contributed by atoms with Crippen LogP contribution >= 0.6 is 0 Å². The second-order valence-electron chi connectivity index (χ2n) is 7.75. The molecular formula is C21H29N5O5. The Balaban J connectivity index is 1.86. The van der Waals surface area contributed by atoms with E-state index >= 15 is 0 Å². The van der Waals surface area contributed by atoms with Crippen LogP contribution in [0, 0.1) is 5.92 Å². The number of hydrogen-bond donors (Lipinski definition) is 6. The van der Waals surface area contributed by atoms with E-state index in [0.29, 0.717) is 12.8 Å². The van der Waals surface area contributed by atoms with Crippen molar-refractivity contribution >= 4 is 34.6 Å². The molecule has 1 aromatic heterocycles. The summed E-state index contributed by atoms with van der Waals surface area (Å²) in [7, 11) is 0. The minimum Gasteiger partial charge on any atom is -0.480 e. The second-order valence-corrected chi connectivity index (χ2v) is 7.75. The SMILES string of the molecule is CC(C)CC(NC(=O)CNC(=O)C(N)Cc1c[nH]c2ccccc12)C(=O)NCC(=O)O. The van der Waals surface area contributed by atoms with Gasteiger partial charge in [-0.1, -0.05) is 32.0 Å². The van der Waals surface area contributed by atoms with Gasteiger partial charge in [0.15, 0.2) is 0 Å². The third-order valence-corrected chi connectivity index (χ3v) is 4.65. The van der Waals surface area contributed by atoms with Crippen LogP contribution in [0.5, 0.6) is 0 Å². The largest absolute Gasteiger partial charge is 0.480 e. The molecule has 0 saturated carbocycles. The predicted octanol–water partition coefficient (Wildman–Crippen LogP) is -0.114. The van der Waals surface area contributed by atoms with Crippen molar-refractivity contribution in [1.29, 1.82) is 0 Å². The summed E-state index contributed by atoms with van der Waals surface area (Å²) in [4.78, 5) is 50.4. The number of carbonyl (C=O) groups is 4. The lowest BCUT2D eigenvalue weighted by molar-refractivity contribution is -0.138. The van der Waals surface area contributed by atoms with E-state index in [9.17, 15) is 19.2 Å². The lowest BCUT2D eigenvalue weighted by atomic mass is 10.0. The monoisotopic (exact) mass is 431 g/mol. The summed E-state index contributed by atoms with van der Waals surface area (Å²) in [5.41, 5.74) is 7.84. The molecule has 0 aliphatic heterocycles. The number of carboxylic acid groups (broad SMARTS) is 1. The normalized spacial score (nSPS) is 12.9. The van der Waals surface area contributed by atoms with Crippen molar-refractivity contribution in [2.24, 2.45) is 11.7 Å². The maximum absolute atomic E-state index is 12.3. The number of para-hydroxylation sites is 1. The summed E-state index contributed by atoms with van der Waals surface area (Å²) in [5, 5.41) is 16.9. The minimum atomic E-state index is -1.18. The summed E-state index contributed by atoms with van der Waals surface area (Å²) < 4.78 is 0. The van der Waals surface area contributed by atoms with Gasteiger partial charge in [0, 0.05) is 17.1 Å². The fraction of sp³-hybridized carbons (Fsp3) is 0.429. The van der Waals surface area contributed by atoms with Gasteiger partial charge in [0.25, 0.3) is 0 Å². The highest BCUT2D eigenvalue weighted by Gasteiger charge is 2.23. The second kappa shape index (κ2) is 11.1. The quantitative estimate of drug-likeness (QED) is 0.290. The van der Waals surface area contributed by atoms with Crippen LogP contribution in [-0.4, -0.2) is 59.0 Å². The highest BCUT2D eigenvalue weighted by molar-refractivity contribution is 5.92. The lowest BCUT2D eigenvalue weighted by Gasteiger charge is -2.20. The van der Waals surface area contributed by atoms with Gasteiger partial charge in [-0.15, -0.1) is 0 Å². The van der Waals surface area contributed by atoms with E-state index in [0.717, 1.165) is 16.5 Å². The molecule has 7 N–H and O–H groups in total. The summed E-state index contributed by atoms with van der Waals surface area (Å²) in [6.07, 6.45) is 2.42. The number of H-pyrrole nitrogens is 1. The molecule has 0 aliphatic rings. The van der Waals surface area contributed by atoms with Gasteiger partial charge >= 0.3 is 5.97 Å². The van der Waals surface area contributed by atoms with Crippen molar-refractivity contribution in [3.05, 3.63) is 36.0 Å². The third kappa shape index (κ3) is 7.41. The van der Waals surface area contributed by atoms with Gasteiger partial charge in [-0.3, -0.25) is 19.2 Å². The standard InChI is InChI=1S/C21H29N5O5/c1-12(2)7-17(21(31)25-11-19(28)29)26-18(27)10-24-20(30)15(22)8-13-9-23-16-6-4-3-5-14(13)16/h3-6,9,12,15,17,23H,7-8,10-11,22H2,1-2H3,(H,24,30)(H,25,31)(H,26,27)(H,28,29). The van der Waals surface area contributed by atoms with Crippen LogP contribution in [0.3, 0.4) is 0 Å². The van der Waals surface area contributed by atoms with Gasteiger partial charge in [-0.25, -0.2) is 0 Å². The lowest BCUT2D eigenvalue weighted by Crippen LogP contribution is -2.52. The number of rotatable bonds is 11. The average Bonchev–Trinajstić information content (AvgIpc) is 3.12. The molecule has 3 amide bonds. The molecule has 10 nitrogen and oxygen atoms in total. The molecule has 168 valence electrons. The van der Waals surface area contributed by atoms with Gasteiger partial charge in [-0.05, 0) is 30.4 Å². The Bertz CT molecular complexity index is 939. The van der Waals surface area contributed by atoms with Gasteiger partial charge in [-0.2, -0.15) is 0 Å². The first-order chi connectivity index (χ1) is 14.7. The number of hydrogen-bond acceptors (Lipinski definition) is 5. The van der Waals surface area contributed by atoms with E-state index in [-0.39, 0.29) is 12.5 Å². The van der Waals surface area contributed by atoms with Crippen molar-refractivity contribution in [3.8, 4) is 0 Å². The topological polar surface area (TPSA) is 166 Å². The van der Waals surface area contributed by atoms with E-state index in [1.165, 1.54) is 0 Å². The van der Waals surface area contributed by atoms with Crippen LogP contribution in [0.15, 0.2) is 30.5 Å². The molecule has 31 heavy (non-hydrogen) atoms. The summed E-state index contributed by atoms with van der Waals surface area (Å²) in [6, 6.07) is 5.91. The average molecular weight is 431 g/mol. The zero-order valence-corrected chi connectivity index (χ0v) is 17.6. The van der Waals surface area contributed by atoms with Gasteiger partial charge in [0.05, 0.1) is 12.6 Å². The Morgan fingerprint density at radius 2 is 1.74 bits per heavy atom. The van der Waals surface area contributed by atoms with Crippen LogP contribution in [0.1, 0.15) is 25.8 Å². The smallest absolute Gasteiger partial charge is 0.322 e. The van der Waals surface area contributed by atoms with E-state index in [2.05, 4.69) is 20.9 Å². The number of aliphatic carboxylic acids is 1. The fourth-order valence-corrected chi connectivity index (χ4v) is 3.16. The Morgan fingerprint density at radius 1 is 1.06 bits per heavy atom. The molecule has 0 saturated heterocycles. The van der Waals surface area contributed by atoms with Crippen molar-refractivity contribution < 1.29 is 24.3 Å². The van der Waals surface area contributed by atoms with Gasteiger partial charge < -0.3 is 31.8 Å². The molecule has 1 aromatic carbocycles. The first kappa shape index (κ1) is 23.9. The molecule has 2 rings (SSSR count). The van der Waals surface area contributed by atoms with Crippen LogP contribution in [0.25, 0.3) is 10.9 Å². The molecule has 10 heteroatoms. The number of carbonyl (C=O) groups excluding carboxylic acids is 3. The molecule has 2 unspecified atom stereocenters. The van der Waals surface area contributed by atoms with Crippen LogP contribution in [0.4, 0.5) is 0 Å². The number of nitrogens with one attached hydrogen (secondary N) is 4. The van der Waals surface area contributed by atoms with Crippen molar-refractivity contribution in [3.63, 3.8) is 0 Å². The number of aromatic amines is 1. The Kier molecular flexibility index (Phi) is 8.56. The fourth-order valence-electron chi connectivity index (χ4n) is 3.16. The molecule has 1 heterocycles. The number of amides is 3. The van der Waals surface area contributed by atoms with E-state index in [1.54, 1.807) is 6.20 Å². The third-order valence-electron chi connectivity index (χ3n) is 4.65. The van der Waals surface area contributed by atoms with E-state index in [4.69, 9.17) is 10.8 Å².